The third-order valence-electron chi connectivity index (χ3n) is 5.12. The van der Waals surface area contributed by atoms with E-state index in [2.05, 4.69) is 19.1 Å². The zero-order valence-electron chi connectivity index (χ0n) is 17.3. The maximum Gasteiger partial charge on any atom is 0.0717 e. The van der Waals surface area contributed by atoms with Crippen LogP contribution in [0.1, 0.15) is 102 Å². The number of hydrogen-bond donors (Lipinski definition) is 1. The Kier molecular flexibility index (Phi) is 15.6. The first kappa shape index (κ1) is 23.2. The molecule has 1 aromatic carbocycles. The lowest BCUT2D eigenvalue weighted by molar-refractivity contribution is 0.105. The Labute approximate surface area is 162 Å². The normalized spacial score (nSPS) is 12.4. The minimum atomic E-state index is 0.187. The first-order chi connectivity index (χ1) is 12.8. The Hall–Kier alpha value is -0.860. The number of ether oxygens (including phenoxy) is 1. The van der Waals surface area contributed by atoms with E-state index in [1.165, 1.54) is 89.0 Å². The maximum absolute atomic E-state index is 6.15. The van der Waals surface area contributed by atoms with E-state index < -0.39 is 0 Å². The van der Waals surface area contributed by atoms with Crippen LogP contribution in [0, 0.1) is 0 Å². The third kappa shape index (κ3) is 14.3. The second kappa shape index (κ2) is 17.5. The van der Waals surface area contributed by atoms with Crippen molar-refractivity contribution in [1.82, 2.24) is 0 Å². The van der Waals surface area contributed by atoms with Gasteiger partial charge in [0.25, 0.3) is 0 Å². The van der Waals surface area contributed by atoms with Gasteiger partial charge in [0.1, 0.15) is 0 Å². The predicted molar refractivity (Wildman–Crippen MR) is 114 cm³/mol. The molecule has 0 heterocycles. The fourth-order valence-electron chi connectivity index (χ4n) is 3.41. The molecule has 2 nitrogen and oxygen atoms in total. The van der Waals surface area contributed by atoms with Crippen LogP contribution in [0.3, 0.4) is 0 Å². The van der Waals surface area contributed by atoms with Crippen molar-refractivity contribution in [2.45, 2.75) is 109 Å². The third-order valence-corrected chi connectivity index (χ3v) is 5.12. The second-order valence-corrected chi connectivity index (χ2v) is 7.79. The molecule has 0 amide bonds. The van der Waals surface area contributed by atoms with Crippen LogP contribution in [0.5, 0.6) is 0 Å². The Balaban J connectivity index is 1.78. The molecule has 150 valence electrons. The van der Waals surface area contributed by atoms with E-state index in [4.69, 9.17) is 10.5 Å². The lowest BCUT2D eigenvalue weighted by atomic mass is 10.0. The van der Waals surface area contributed by atoms with Crippen molar-refractivity contribution < 1.29 is 4.74 Å². The van der Waals surface area contributed by atoms with E-state index in [0.29, 0.717) is 13.2 Å². The van der Waals surface area contributed by atoms with Crippen LogP contribution in [-0.4, -0.2) is 12.6 Å². The van der Waals surface area contributed by atoms with Crippen LogP contribution < -0.4 is 5.73 Å². The predicted octanol–water partition coefficient (Wildman–Crippen LogP) is 7.01. The van der Waals surface area contributed by atoms with Crippen molar-refractivity contribution in [3.63, 3.8) is 0 Å². The smallest absolute Gasteiger partial charge is 0.0717 e. The quantitative estimate of drug-likeness (QED) is 0.285. The molecule has 2 N–H and O–H groups in total. The van der Waals surface area contributed by atoms with Crippen LogP contribution >= 0.6 is 0 Å². The van der Waals surface area contributed by atoms with Crippen LogP contribution in [-0.2, 0) is 11.3 Å². The minimum Gasteiger partial charge on any atom is -0.375 e. The number of nitrogens with two attached hydrogens (primary N) is 1. The molecule has 2 heteroatoms. The molecule has 26 heavy (non-hydrogen) atoms. The molecular weight excluding hydrogens is 318 g/mol. The minimum absolute atomic E-state index is 0.187. The van der Waals surface area contributed by atoms with Crippen molar-refractivity contribution >= 4 is 0 Å². The average Bonchev–Trinajstić information content (AvgIpc) is 2.66. The molecule has 1 aromatic rings. The summed E-state index contributed by atoms with van der Waals surface area (Å²) in [4.78, 5) is 0. The van der Waals surface area contributed by atoms with Crippen molar-refractivity contribution in [3.8, 4) is 0 Å². The summed E-state index contributed by atoms with van der Waals surface area (Å²) in [6.07, 6.45) is 19.3. The summed E-state index contributed by atoms with van der Waals surface area (Å²) in [5, 5.41) is 0. The van der Waals surface area contributed by atoms with Crippen molar-refractivity contribution in [1.29, 1.82) is 0 Å². The van der Waals surface area contributed by atoms with Gasteiger partial charge in [0.05, 0.1) is 13.2 Å². The first-order valence-electron chi connectivity index (χ1n) is 11.2. The molecule has 0 aromatic heterocycles. The molecule has 0 saturated heterocycles. The first-order valence-corrected chi connectivity index (χ1v) is 11.2. The second-order valence-electron chi connectivity index (χ2n) is 7.79. The van der Waals surface area contributed by atoms with E-state index >= 15 is 0 Å². The Morgan fingerprint density at radius 3 is 1.77 bits per heavy atom. The number of hydrogen-bond acceptors (Lipinski definition) is 2. The van der Waals surface area contributed by atoms with Gasteiger partial charge >= 0.3 is 0 Å². The Bertz CT molecular complexity index is 392. The van der Waals surface area contributed by atoms with Crippen LogP contribution in [0.4, 0.5) is 0 Å². The van der Waals surface area contributed by atoms with Crippen LogP contribution in [0.2, 0.25) is 0 Å². The topological polar surface area (TPSA) is 35.2 Å². The molecular formula is C24H43NO. The zero-order chi connectivity index (χ0) is 18.7. The lowest BCUT2D eigenvalue weighted by Gasteiger charge is -2.12. The van der Waals surface area contributed by atoms with Gasteiger partial charge in [-0.1, -0.05) is 121 Å². The van der Waals surface area contributed by atoms with Crippen molar-refractivity contribution in [3.05, 3.63) is 35.9 Å². The molecule has 1 unspecified atom stereocenters. The molecule has 1 rings (SSSR count). The Morgan fingerprint density at radius 1 is 0.731 bits per heavy atom. The van der Waals surface area contributed by atoms with Gasteiger partial charge in [-0.25, -0.2) is 0 Å². The van der Waals surface area contributed by atoms with Crippen LogP contribution in [0.25, 0.3) is 0 Å². The van der Waals surface area contributed by atoms with Gasteiger partial charge in [-0.05, 0) is 12.0 Å². The molecule has 0 aliphatic rings. The van der Waals surface area contributed by atoms with E-state index in [-0.39, 0.29) is 6.04 Å². The number of benzene rings is 1. The molecule has 0 bridgehead atoms. The van der Waals surface area contributed by atoms with Crippen molar-refractivity contribution in [2.24, 2.45) is 5.73 Å². The SMILES string of the molecule is CCCCCCCCCCCCCCCC(N)COCc1ccccc1. The average molecular weight is 362 g/mol. The summed E-state index contributed by atoms with van der Waals surface area (Å²) in [7, 11) is 0. The van der Waals surface area contributed by atoms with Gasteiger partial charge in [0.15, 0.2) is 0 Å². The molecule has 0 aliphatic heterocycles. The van der Waals surface area contributed by atoms with E-state index in [1.54, 1.807) is 0 Å². The van der Waals surface area contributed by atoms with Gasteiger partial charge in [-0.2, -0.15) is 0 Å². The highest BCUT2D eigenvalue weighted by Crippen LogP contribution is 2.13. The van der Waals surface area contributed by atoms with Gasteiger partial charge in [-0.15, -0.1) is 0 Å². The highest BCUT2D eigenvalue weighted by molar-refractivity contribution is 5.13. The summed E-state index contributed by atoms with van der Waals surface area (Å²) in [5.41, 5.74) is 7.37. The molecule has 0 spiro atoms. The highest BCUT2D eigenvalue weighted by Gasteiger charge is 2.03. The van der Waals surface area contributed by atoms with E-state index in [0.717, 1.165) is 6.42 Å². The monoisotopic (exact) mass is 361 g/mol. The number of rotatable bonds is 18. The van der Waals surface area contributed by atoms with E-state index in [1.807, 2.05) is 18.2 Å². The fourth-order valence-corrected chi connectivity index (χ4v) is 3.41. The van der Waals surface area contributed by atoms with Gasteiger partial charge in [0.2, 0.25) is 0 Å². The molecule has 0 saturated carbocycles. The maximum atomic E-state index is 6.15. The highest BCUT2D eigenvalue weighted by atomic mass is 16.5. The van der Waals surface area contributed by atoms with Gasteiger partial charge in [-0.3, -0.25) is 0 Å². The summed E-state index contributed by atoms with van der Waals surface area (Å²) in [6.45, 7) is 3.63. The number of unbranched alkanes of at least 4 members (excludes halogenated alkanes) is 12. The van der Waals surface area contributed by atoms with Crippen molar-refractivity contribution in [2.75, 3.05) is 6.61 Å². The molecule has 1 atom stereocenters. The summed E-state index contributed by atoms with van der Waals surface area (Å²) >= 11 is 0. The summed E-state index contributed by atoms with van der Waals surface area (Å²) < 4.78 is 5.72. The van der Waals surface area contributed by atoms with Gasteiger partial charge < -0.3 is 10.5 Å². The molecule has 0 fully saturated rings. The molecule has 0 radical (unpaired) electrons. The Morgan fingerprint density at radius 2 is 1.23 bits per heavy atom. The lowest BCUT2D eigenvalue weighted by Crippen LogP contribution is -2.25. The zero-order valence-corrected chi connectivity index (χ0v) is 17.3. The fraction of sp³-hybridized carbons (Fsp3) is 0.750. The summed E-state index contributed by atoms with van der Waals surface area (Å²) in [6, 6.07) is 10.5. The van der Waals surface area contributed by atoms with Gasteiger partial charge in [0, 0.05) is 6.04 Å². The van der Waals surface area contributed by atoms with E-state index in [9.17, 15) is 0 Å². The molecule has 0 aliphatic carbocycles. The summed E-state index contributed by atoms with van der Waals surface area (Å²) in [5.74, 6) is 0. The largest absolute Gasteiger partial charge is 0.375 e. The standard InChI is InChI=1S/C24H43NO/c1-2-3-4-5-6-7-8-9-10-11-12-13-17-20-24(25)22-26-21-23-18-15-14-16-19-23/h14-16,18-19,24H,2-13,17,20-22,25H2,1H3. The van der Waals surface area contributed by atoms with Crippen LogP contribution in [0.15, 0.2) is 30.3 Å².